The molecule has 4 rings (SSSR count). The van der Waals surface area contributed by atoms with Gasteiger partial charge in [-0.3, -0.25) is 14.5 Å². The molecule has 8 heteroatoms. The Morgan fingerprint density at radius 1 is 1.18 bits per heavy atom. The van der Waals surface area contributed by atoms with E-state index in [0.29, 0.717) is 26.2 Å². The number of amides is 2. The number of rotatable bonds is 7. The first-order valence-electron chi connectivity index (χ1n) is 11.7. The van der Waals surface area contributed by atoms with Crippen molar-refractivity contribution in [1.82, 2.24) is 24.7 Å². The Labute approximate surface area is 200 Å². The average Bonchev–Trinajstić information content (AvgIpc) is 3.49. The summed E-state index contributed by atoms with van der Waals surface area (Å²) in [6.45, 7) is 8.05. The first kappa shape index (κ1) is 23.8. The molecule has 0 aliphatic carbocycles. The van der Waals surface area contributed by atoms with Gasteiger partial charge in [0, 0.05) is 56.9 Å². The van der Waals surface area contributed by atoms with Crippen molar-refractivity contribution in [3.8, 4) is 11.3 Å². The number of piperazine rings is 1. The molecule has 2 atom stereocenters. The molecule has 1 fully saturated rings. The minimum absolute atomic E-state index is 0.00985. The van der Waals surface area contributed by atoms with Gasteiger partial charge in [0.1, 0.15) is 11.8 Å². The molecule has 2 aromatic heterocycles. The van der Waals surface area contributed by atoms with E-state index in [1.54, 1.807) is 17.5 Å². The largest absolute Gasteiger partial charge is 0.464 e. The van der Waals surface area contributed by atoms with Crippen LogP contribution in [0.2, 0.25) is 0 Å². The van der Waals surface area contributed by atoms with Gasteiger partial charge in [0.2, 0.25) is 11.8 Å². The van der Waals surface area contributed by atoms with Crippen molar-refractivity contribution >= 4 is 11.8 Å². The van der Waals surface area contributed by atoms with Crippen LogP contribution in [0.4, 0.5) is 0 Å². The van der Waals surface area contributed by atoms with E-state index in [9.17, 15) is 9.59 Å². The van der Waals surface area contributed by atoms with Crippen molar-refractivity contribution in [3.63, 3.8) is 0 Å². The Morgan fingerprint density at radius 2 is 1.94 bits per heavy atom. The molecule has 0 spiro atoms. The zero-order chi connectivity index (χ0) is 24.2. The predicted molar refractivity (Wildman–Crippen MR) is 129 cm³/mol. The van der Waals surface area contributed by atoms with E-state index in [4.69, 9.17) is 4.42 Å². The number of imidazole rings is 1. The van der Waals surface area contributed by atoms with Crippen molar-refractivity contribution in [1.29, 1.82) is 0 Å². The fraction of sp³-hybridized carbons (Fsp3) is 0.423. The lowest BCUT2D eigenvalue weighted by molar-refractivity contribution is -0.150. The van der Waals surface area contributed by atoms with E-state index in [1.165, 1.54) is 0 Å². The van der Waals surface area contributed by atoms with E-state index >= 15 is 0 Å². The molecule has 0 bridgehead atoms. The highest BCUT2D eigenvalue weighted by molar-refractivity contribution is 5.89. The summed E-state index contributed by atoms with van der Waals surface area (Å²) in [5.41, 5.74) is 3.05. The topological polar surface area (TPSA) is 83.6 Å². The number of carbonyl (C=O) groups is 2. The van der Waals surface area contributed by atoms with Gasteiger partial charge in [-0.1, -0.05) is 38.1 Å². The van der Waals surface area contributed by atoms with E-state index < -0.39 is 6.04 Å². The van der Waals surface area contributed by atoms with E-state index in [1.807, 2.05) is 75.0 Å². The van der Waals surface area contributed by atoms with Gasteiger partial charge >= 0.3 is 0 Å². The highest BCUT2D eigenvalue weighted by Gasteiger charge is 2.40. The highest BCUT2D eigenvalue weighted by atomic mass is 16.3. The van der Waals surface area contributed by atoms with Gasteiger partial charge in [-0.15, -0.1) is 0 Å². The SMILES string of the molecule is CC(C)C(=O)N1C(C)CN(Cc2cncn2C)CC1C(=O)NCc1ccc(-c2ccco2)cc1. The third-order valence-corrected chi connectivity index (χ3v) is 6.34. The lowest BCUT2D eigenvalue weighted by Crippen LogP contribution is -2.64. The quantitative estimate of drug-likeness (QED) is 0.582. The molecule has 8 nitrogen and oxygen atoms in total. The summed E-state index contributed by atoms with van der Waals surface area (Å²) < 4.78 is 7.42. The Hall–Kier alpha value is -3.39. The van der Waals surface area contributed by atoms with Gasteiger partial charge in [-0.2, -0.15) is 0 Å². The number of aryl methyl sites for hydroxylation is 1. The van der Waals surface area contributed by atoms with Crippen LogP contribution in [0.15, 0.2) is 59.6 Å². The summed E-state index contributed by atoms with van der Waals surface area (Å²) in [6, 6.07) is 11.1. The lowest BCUT2D eigenvalue weighted by atomic mass is 10.0. The maximum absolute atomic E-state index is 13.4. The summed E-state index contributed by atoms with van der Waals surface area (Å²) in [5, 5.41) is 3.06. The van der Waals surface area contributed by atoms with Gasteiger partial charge in [-0.05, 0) is 24.6 Å². The molecule has 0 radical (unpaired) electrons. The number of carbonyl (C=O) groups excluding carboxylic acids is 2. The van der Waals surface area contributed by atoms with Crippen LogP contribution in [0, 0.1) is 5.92 Å². The first-order chi connectivity index (χ1) is 16.3. The van der Waals surface area contributed by atoms with Crippen LogP contribution < -0.4 is 5.32 Å². The summed E-state index contributed by atoms with van der Waals surface area (Å²) in [4.78, 5) is 34.6. The third kappa shape index (κ3) is 5.22. The number of benzene rings is 1. The number of furan rings is 1. The molecule has 2 amide bonds. The van der Waals surface area contributed by atoms with Crippen LogP contribution in [0.1, 0.15) is 32.0 Å². The minimum Gasteiger partial charge on any atom is -0.464 e. The number of aromatic nitrogens is 2. The smallest absolute Gasteiger partial charge is 0.244 e. The molecule has 1 N–H and O–H groups in total. The van der Waals surface area contributed by atoms with Crippen LogP contribution in [0.3, 0.4) is 0 Å². The van der Waals surface area contributed by atoms with Crippen LogP contribution in [-0.4, -0.2) is 56.3 Å². The Bertz CT molecular complexity index is 1100. The zero-order valence-electron chi connectivity index (χ0n) is 20.3. The minimum atomic E-state index is -0.547. The van der Waals surface area contributed by atoms with Crippen molar-refractivity contribution in [2.24, 2.45) is 13.0 Å². The number of nitrogens with one attached hydrogen (secondary N) is 1. The fourth-order valence-corrected chi connectivity index (χ4v) is 4.49. The molecule has 0 saturated carbocycles. The lowest BCUT2D eigenvalue weighted by Gasteiger charge is -2.45. The average molecular weight is 464 g/mol. The van der Waals surface area contributed by atoms with Crippen LogP contribution in [-0.2, 0) is 29.7 Å². The second-order valence-electron chi connectivity index (χ2n) is 9.35. The van der Waals surface area contributed by atoms with E-state index in [2.05, 4.69) is 15.2 Å². The second-order valence-corrected chi connectivity index (χ2v) is 9.35. The van der Waals surface area contributed by atoms with Gasteiger partial charge in [-0.25, -0.2) is 4.98 Å². The van der Waals surface area contributed by atoms with Crippen LogP contribution in [0.5, 0.6) is 0 Å². The van der Waals surface area contributed by atoms with Gasteiger partial charge in [0.25, 0.3) is 0 Å². The molecule has 2 unspecified atom stereocenters. The van der Waals surface area contributed by atoms with Gasteiger partial charge in [0.15, 0.2) is 0 Å². The molecule has 1 aliphatic heterocycles. The molecule has 3 heterocycles. The monoisotopic (exact) mass is 463 g/mol. The predicted octanol–water partition coefficient (Wildman–Crippen LogP) is 3.05. The molecule has 1 aliphatic rings. The highest BCUT2D eigenvalue weighted by Crippen LogP contribution is 2.22. The normalized spacial score (nSPS) is 18.9. The molecule has 1 saturated heterocycles. The van der Waals surface area contributed by atoms with Crippen molar-refractivity contribution in [3.05, 3.63) is 66.4 Å². The summed E-state index contributed by atoms with van der Waals surface area (Å²) >= 11 is 0. The van der Waals surface area contributed by atoms with Crippen LogP contribution in [0.25, 0.3) is 11.3 Å². The second kappa shape index (κ2) is 10.3. The Morgan fingerprint density at radius 3 is 2.56 bits per heavy atom. The third-order valence-electron chi connectivity index (χ3n) is 6.34. The number of hydrogen-bond donors (Lipinski definition) is 1. The van der Waals surface area contributed by atoms with Crippen molar-refractivity contribution in [2.75, 3.05) is 13.1 Å². The molecule has 34 heavy (non-hydrogen) atoms. The fourth-order valence-electron chi connectivity index (χ4n) is 4.49. The molecule has 1 aromatic carbocycles. The maximum atomic E-state index is 13.4. The summed E-state index contributed by atoms with van der Waals surface area (Å²) in [5.74, 6) is 0.514. The van der Waals surface area contributed by atoms with E-state index in [-0.39, 0.29) is 23.8 Å². The van der Waals surface area contributed by atoms with Gasteiger partial charge in [0.05, 0.1) is 18.3 Å². The molecular formula is C26H33N5O3. The number of hydrogen-bond acceptors (Lipinski definition) is 5. The van der Waals surface area contributed by atoms with Gasteiger partial charge < -0.3 is 19.2 Å². The maximum Gasteiger partial charge on any atom is 0.244 e. The summed E-state index contributed by atoms with van der Waals surface area (Å²) in [6.07, 6.45) is 5.27. The molecular weight excluding hydrogens is 430 g/mol. The molecule has 3 aromatic rings. The standard InChI is InChI=1S/C26H33N5O3/c1-18(2)26(33)31-19(3)14-30(15-22-13-27-17-29(22)4)16-23(31)25(32)28-12-20-7-9-21(10-8-20)24-6-5-11-34-24/h5-11,13,17-19,23H,12,14-16H2,1-4H3,(H,28,32). The van der Waals surface area contributed by atoms with Crippen molar-refractivity contribution < 1.29 is 14.0 Å². The number of nitrogens with zero attached hydrogens (tertiary/aromatic N) is 4. The Kier molecular flexibility index (Phi) is 7.17. The van der Waals surface area contributed by atoms with Crippen LogP contribution >= 0.6 is 0 Å². The Balaban J connectivity index is 1.46. The van der Waals surface area contributed by atoms with E-state index in [0.717, 1.165) is 22.6 Å². The zero-order valence-corrected chi connectivity index (χ0v) is 20.3. The summed E-state index contributed by atoms with van der Waals surface area (Å²) in [7, 11) is 1.96. The molecule has 180 valence electrons. The van der Waals surface area contributed by atoms with Crippen molar-refractivity contribution in [2.45, 2.75) is 45.9 Å². The first-order valence-corrected chi connectivity index (χ1v) is 11.7.